The number of nitrogens with zero attached hydrogens (tertiary/aromatic N) is 1. The van der Waals surface area contributed by atoms with Gasteiger partial charge in [-0.1, -0.05) is 29.3 Å². The van der Waals surface area contributed by atoms with E-state index in [2.05, 4.69) is 5.32 Å². The summed E-state index contributed by atoms with van der Waals surface area (Å²) < 4.78 is 46.0. The monoisotopic (exact) mass is 462 g/mol. The Morgan fingerprint density at radius 2 is 1.71 bits per heavy atom. The van der Waals surface area contributed by atoms with Gasteiger partial charge in [0.2, 0.25) is 5.91 Å². The molecule has 3 rings (SSSR count). The van der Waals surface area contributed by atoms with Crippen LogP contribution in [0.1, 0.15) is 5.56 Å². The Hall–Kier alpha value is -3.10. The van der Waals surface area contributed by atoms with Gasteiger partial charge in [-0.05, 0) is 61.5 Å². The summed E-state index contributed by atoms with van der Waals surface area (Å²) in [4.78, 5) is 12.7. The summed E-state index contributed by atoms with van der Waals surface area (Å²) in [5, 5.41) is 3.01. The predicted octanol–water partition coefficient (Wildman–Crippen LogP) is 4.63. The molecule has 0 atom stereocenters. The number of nitrogens with one attached hydrogen (secondary N) is 1. The van der Waals surface area contributed by atoms with E-state index in [0.29, 0.717) is 22.1 Å². The first-order chi connectivity index (χ1) is 14.7. The number of hydrogen-bond acceptors (Lipinski definition) is 4. The third-order valence-corrected chi connectivity index (χ3v) is 6.47. The lowest BCUT2D eigenvalue weighted by Crippen LogP contribution is -2.38. The van der Waals surface area contributed by atoms with E-state index in [1.807, 2.05) is 6.92 Å². The van der Waals surface area contributed by atoms with Gasteiger partial charge < -0.3 is 10.1 Å². The Bertz CT molecular complexity index is 1180. The van der Waals surface area contributed by atoms with Crippen molar-refractivity contribution >= 4 is 38.9 Å². The standard InChI is InChI=1S/C22H20ClFN2O4S/c1-15-3-8-18(9-4-15)26(31(28,29)19-10-6-17(24)7-11-19)14-22(27)25-20-13-16(23)5-12-21(20)30-2/h3-13H,14H2,1-2H3,(H,25,27). The highest BCUT2D eigenvalue weighted by Crippen LogP contribution is 2.29. The molecule has 3 aromatic rings. The van der Waals surface area contributed by atoms with Crippen LogP contribution >= 0.6 is 11.6 Å². The highest BCUT2D eigenvalue weighted by atomic mass is 35.5. The minimum Gasteiger partial charge on any atom is -0.495 e. The van der Waals surface area contributed by atoms with Crippen molar-refractivity contribution < 1.29 is 22.3 Å². The van der Waals surface area contributed by atoms with Crippen LogP contribution in [-0.4, -0.2) is 28.0 Å². The third-order valence-electron chi connectivity index (χ3n) is 4.45. The van der Waals surface area contributed by atoms with Crippen LogP contribution in [0, 0.1) is 12.7 Å². The zero-order valence-electron chi connectivity index (χ0n) is 16.8. The molecule has 162 valence electrons. The van der Waals surface area contributed by atoms with E-state index in [4.69, 9.17) is 16.3 Å². The Labute approximate surface area is 185 Å². The van der Waals surface area contributed by atoms with Crippen LogP contribution in [0.25, 0.3) is 0 Å². The van der Waals surface area contributed by atoms with Gasteiger partial charge in [0.15, 0.2) is 0 Å². The highest BCUT2D eigenvalue weighted by molar-refractivity contribution is 7.92. The molecule has 0 spiro atoms. The lowest BCUT2D eigenvalue weighted by molar-refractivity contribution is -0.114. The Balaban J connectivity index is 1.95. The minimum absolute atomic E-state index is 0.136. The first kappa shape index (κ1) is 22.6. The predicted molar refractivity (Wildman–Crippen MR) is 119 cm³/mol. The lowest BCUT2D eigenvalue weighted by atomic mass is 10.2. The van der Waals surface area contributed by atoms with Crippen molar-refractivity contribution in [1.82, 2.24) is 0 Å². The number of carbonyl (C=O) groups is 1. The molecule has 0 aliphatic carbocycles. The number of benzene rings is 3. The number of halogens is 2. The number of aryl methyl sites for hydroxylation is 1. The Kier molecular flexibility index (Phi) is 6.82. The Morgan fingerprint density at radius 3 is 2.32 bits per heavy atom. The van der Waals surface area contributed by atoms with E-state index in [9.17, 15) is 17.6 Å². The van der Waals surface area contributed by atoms with Gasteiger partial charge in [-0.25, -0.2) is 12.8 Å². The van der Waals surface area contributed by atoms with Crippen molar-refractivity contribution in [2.75, 3.05) is 23.3 Å². The summed E-state index contributed by atoms with van der Waals surface area (Å²) >= 11 is 6.00. The zero-order chi connectivity index (χ0) is 22.6. The molecule has 0 saturated carbocycles. The van der Waals surface area contributed by atoms with Crippen molar-refractivity contribution in [1.29, 1.82) is 0 Å². The van der Waals surface area contributed by atoms with Crippen molar-refractivity contribution in [2.24, 2.45) is 0 Å². The molecule has 0 radical (unpaired) electrons. The number of carbonyl (C=O) groups excluding carboxylic acids is 1. The molecule has 3 aromatic carbocycles. The molecule has 1 N–H and O–H groups in total. The van der Waals surface area contributed by atoms with Gasteiger partial charge in [0, 0.05) is 5.02 Å². The van der Waals surface area contributed by atoms with Crippen LogP contribution in [0.3, 0.4) is 0 Å². The van der Waals surface area contributed by atoms with Crippen LogP contribution in [0.15, 0.2) is 71.6 Å². The molecule has 31 heavy (non-hydrogen) atoms. The molecule has 0 fully saturated rings. The SMILES string of the molecule is COc1ccc(Cl)cc1NC(=O)CN(c1ccc(C)cc1)S(=O)(=O)c1ccc(F)cc1. The second kappa shape index (κ2) is 9.36. The van der Waals surface area contributed by atoms with Gasteiger partial charge in [0.1, 0.15) is 18.1 Å². The van der Waals surface area contributed by atoms with E-state index >= 15 is 0 Å². The maximum absolute atomic E-state index is 13.3. The van der Waals surface area contributed by atoms with Crippen LogP contribution in [0.5, 0.6) is 5.75 Å². The first-order valence-corrected chi connectivity index (χ1v) is 11.0. The van der Waals surface area contributed by atoms with Crippen LogP contribution in [0.4, 0.5) is 15.8 Å². The molecule has 0 unspecified atom stereocenters. The average molecular weight is 463 g/mol. The van der Waals surface area contributed by atoms with Crippen LogP contribution in [-0.2, 0) is 14.8 Å². The quantitative estimate of drug-likeness (QED) is 0.555. The maximum atomic E-state index is 13.3. The topological polar surface area (TPSA) is 75.7 Å². The number of amides is 1. The number of anilines is 2. The Morgan fingerprint density at radius 1 is 1.06 bits per heavy atom. The molecule has 6 nitrogen and oxygen atoms in total. The molecule has 0 aromatic heterocycles. The summed E-state index contributed by atoms with van der Waals surface area (Å²) in [6, 6.07) is 15.8. The van der Waals surface area contributed by atoms with Gasteiger partial charge in [0.05, 0.1) is 23.4 Å². The molecule has 0 saturated heterocycles. The molecular formula is C22H20ClFN2O4S. The van der Waals surface area contributed by atoms with Crippen LogP contribution in [0.2, 0.25) is 5.02 Å². The summed E-state index contributed by atoms with van der Waals surface area (Å²) in [5.41, 5.74) is 1.53. The molecular weight excluding hydrogens is 443 g/mol. The van der Waals surface area contributed by atoms with Gasteiger partial charge in [0.25, 0.3) is 10.0 Å². The van der Waals surface area contributed by atoms with Gasteiger partial charge in [-0.3, -0.25) is 9.10 Å². The molecule has 0 bridgehead atoms. The summed E-state index contributed by atoms with van der Waals surface area (Å²) in [7, 11) is -2.71. The fourth-order valence-electron chi connectivity index (χ4n) is 2.86. The molecule has 0 aliphatic heterocycles. The second-order valence-corrected chi connectivity index (χ2v) is 8.99. The van der Waals surface area contributed by atoms with Gasteiger partial charge in [-0.2, -0.15) is 0 Å². The molecule has 1 amide bonds. The number of rotatable bonds is 7. The van der Waals surface area contributed by atoms with E-state index in [1.54, 1.807) is 36.4 Å². The van der Waals surface area contributed by atoms with E-state index in [-0.39, 0.29) is 4.90 Å². The van der Waals surface area contributed by atoms with Crippen molar-refractivity contribution in [3.05, 3.63) is 83.1 Å². The van der Waals surface area contributed by atoms with Gasteiger partial charge >= 0.3 is 0 Å². The highest BCUT2D eigenvalue weighted by Gasteiger charge is 2.27. The largest absolute Gasteiger partial charge is 0.495 e. The molecule has 9 heteroatoms. The third kappa shape index (κ3) is 5.34. The lowest BCUT2D eigenvalue weighted by Gasteiger charge is -2.24. The second-order valence-electron chi connectivity index (χ2n) is 6.69. The van der Waals surface area contributed by atoms with E-state index < -0.39 is 28.3 Å². The summed E-state index contributed by atoms with van der Waals surface area (Å²) in [5.74, 6) is -0.792. The van der Waals surface area contributed by atoms with Crippen molar-refractivity contribution in [3.63, 3.8) is 0 Å². The molecule has 0 heterocycles. The number of hydrogen-bond donors (Lipinski definition) is 1. The zero-order valence-corrected chi connectivity index (χ0v) is 18.4. The van der Waals surface area contributed by atoms with E-state index in [1.165, 1.54) is 13.2 Å². The van der Waals surface area contributed by atoms with E-state index in [0.717, 1.165) is 34.1 Å². The average Bonchev–Trinajstić information content (AvgIpc) is 2.73. The number of methoxy groups -OCH3 is 1. The maximum Gasteiger partial charge on any atom is 0.264 e. The fourth-order valence-corrected chi connectivity index (χ4v) is 4.45. The summed E-state index contributed by atoms with van der Waals surface area (Å²) in [6.45, 7) is 1.35. The normalized spacial score (nSPS) is 11.1. The fraction of sp³-hybridized carbons (Fsp3) is 0.136. The smallest absolute Gasteiger partial charge is 0.264 e. The van der Waals surface area contributed by atoms with Gasteiger partial charge in [-0.15, -0.1) is 0 Å². The van der Waals surface area contributed by atoms with Crippen LogP contribution < -0.4 is 14.4 Å². The number of ether oxygens (including phenoxy) is 1. The summed E-state index contributed by atoms with van der Waals surface area (Å²) in [6.07, 6.45) is 0. The van der Waals surface area contributed by atoms with Crippen molar-refractivity contribution in [3.8, 4) is 5.75 Å². The minimum atomic E-state index is -4.15. The first-order valence-electron chi connectivity index (χ1n) is 9.19. The number of sulfonamides is 1. The molecule has 0 aliphatic rings. The van der Waals surface area contributed by atoms with Crippen molar-refractivity contribution in [2.45, 2.75) is 11.8 Å².